The number of thioether (sulfide) groups is 1. The van der Waals surface area contributed by atoms with Crippen LogP contribution in [0.2, 0.25) is 5.02 Å². The highest BCUT2D eigenvalue weighted by Gasteiger charge is 2.26. The number of likely N-dealkylation sites (tertiary alicyclic amines) is 1. The van der Waals surface area contributed by atoms with Crippen molar-refractivity contribution in [2.24, 2.45) is 11.8 Å². The number of carbonyl (C=O) groups is 2. The summed E-state index contributed by atoms with van der Waals surface area (Å²) in [5.41, 5.74) is 2.29. The van der Waals surface area contributed by atoms with Crippen LogP contribution in [0.3, 0.4) is 0 Å². The molecule has 1 fully saturated rings. The molecule has 4 rings (SSSR count). The van der Waals surface area contributed by atoms with E-state index in [-0.39, 0.29) is 24.1 Å². The summed E-state index contributed by atoms with van der Waals surface area (Å²) in [6, 6.07) is 14.9. The minimum Gasteiger partial charge on any atom is -0.341 e. The van der Waals surface area contributed by atoms with Gasteiger partial charge in [-0.1, -0.05) is 61.5 Å². The fraction of sp³-hybridized carbons (Fsp3) is 0.375. The number of halogens is 1. The summed E-state index contributed by atoms with van der Waals surface area (Å²) >= 11 is 7.46. The Morgan fingerprint density at radius 2 is 1.78 bits per heavy atom. The molecule has 1 aromatic heterocycles. The third kappa shape index (κ3) is 5.27. The number of para-hydroxylation sites is 3. The summed E-state index contributed by atoms with van der Waals surface area (Å²) in [5, 5.41) is 3.99. The maximum absolute atomic E-state index is 13.1. The highest BCUT2D eigenvalue weighted by molar-refractivity contribution is 7.99. The van der Waals surface area contributed by atoms with E-state index < -0.39 is 0 Å². The van der Waals surface area contributed by atoms with Crippen molar-refractivity contribution < 1.29 is 9.59 Å². The van der Waals surface area contributed by atoms with Gasteiger partial charge < -0.3 is 14.8 Å². The molecule has 168 valence electrons. The number of amides is 2. The van der Waals surface area contributed by atoms with Gasteiger partial charge >= 0.3 is 0 Å². The molecule has 0 aliphatic carbocycles. The fourth-order valence-electron chi connectivity index (χ4n) is 4.30. The Kier molecular flexibility index (Phi) is 7.06. The third-order valence-electron chi connectivity index (χ3n) is 5.61. The van der Waals surface area contributed by atoms with Gasteiger partial charge in [-0.15, -0.1) is 0 Å². The molecule has 1 saturated heterocycles. The summed E-state index contributed by atoms with van der Waals surface area (Å²) in [4.78, 5) is 32.3. The quantitative estimate of drug-likeness (QED) is 0.519. The lowest BCUT2D eigenvalue weighted by Crippen LogP contribution is -2.44. The van der Waals surface area contributed by atoms with Gasteiger partial charge in [0.25, 0.3) is 0 Å². The van der Waals surface area contributed by atoms with Crippen LogP contribution < -0.4 is 5.32 Å². The molecule has 2 aromatic carbocycles. The van der Waals surface area contributed by atoms with E-state index in [4.69, 9.17) is 11.6 Å². The molecule has 0 unspecified atom stereocenters. The maximum atomic E-state index is 13.1. The van der Waals surface area contributed by atoms with E-state index in [0.29, 0.717) is 27.7 Å². The zero-order valence-electron chi connectivity index (χ0n) is 18.3. The number of carbonyl (C=O) groups excluding carboxylic acids is 2. The number of piperidine rings is 1. The molecule has 2 heterocycles. The second-order valence-electron chi connectivity index (χ2n) is 8.53. The van der Waals surface area contributed by atoms with E-state index >= 15 is 0 Å². The molecule has 6 nitrogen and oxygen atoms in total. The first-order valence-corrected chi connectivity index (χ1v) is 12.2. The van der Waals surface area contributed by atoms with Crippen molar-refractivity contribution in [2.75, 3.05) is 24.2 Å². The Morgan fingerprint density at radius 3 is 2.53 bits per heavy atom. The Hall–Kier alpha value is -2.51. The van der Waals surface area contributed by atoms with Gasteiger partial charge in [0.2, 0.25) is 11.8 Å². The van der Waals surface area contributed by atoms with Crippen molar-refractivity contribution in [2.45, 2.75) is 32.0 Å². The molecule has 8 heteroatoms. The first kappa shape index (κ1) is 22.7. The fourth-order valence-corrected chi connectivity index (χ4v) is 5.29. The van der Waals surface area contributed by atoms with Gasteiger partial charge in [-0.25, -0.2) is 4.98 Å². The predicted molar refractivity (Wildman–Crippen MR) is 130 cm³/mol. The summed E-state index contributed by atoms with van der Waals surface area (Å²) in [5.74, 6) is 1.09. The average Bonchev–Trinajstić information content (AvgIpc) is 3.10. The molecule has 2 amide bonds. The van der Waals surface area contributed by atoms with Crippen LogP contribution >= 0.6 is 23.4 Å². The van der Waals surface area contributed by atoms with Gasteiger partial charge in [0.15, 0.2) is 5.16 Å². The molecule has 0 saturated carbocycles. The SMILES string of the molecule is C[C@@H]1C[C@H](C)CN(C(=O)Cn2c(SCC(=O)Nc3ccccc3Cl)nc3ccccc32)C1. The number of anilines is 1. The van der Waals surface area contributed by atoms with Crippen molar-refractivity contribution in [1.29, 1.82) is 0 Å². The van der Waals surface area contributed by atoms with Crippen molar-refractivity contribution in [3.05, 3.63) is 53.6 Å². The van der Waals surface area contributed by atoms with Crippen LogP contribution in [-0.4, -0.2) is 45.1 Å². The molecule has 0 spiro atoms. The number of aromatic nitrogens is 2. The number of nitrogens with one attached hydrogen (secondary N) is 1. The van der Waals surface area contributed by atoms with Crippen LogP contribution in [0.5, 0.6) is 0 Å². The normalized spacial score (nSPS) is 18.7. The standard InChI is InChI=1S/C24H27ClN4O2S/c1-16-11-17(2)13-28(12-16)23(31)14-29-21-10-6-5-9-20(21)27-24(29)32-15-22(30)26-19-8-4-3-7-18(19)25/h3-10,16-17H,11-15H2,1-2H3,(H,26,30)/t16-,17+. The molecule has 1 aliphatic rings. The van der Waals surface area contributed by atoms with Crippen LogP contribution in [0.1, 0.15) is 20.3 Å². The maximum Gasteiger partial charge on any atom is 0.242 e. The number of benzene rings is 2. The minimum atomic E-state index is -0.174. The number of imidazole rings is 1. The number of hydrogen-bond donors (Lipinski definition) is 1. The first-order valence-electron chi connectivity index (χ1n) is 10.8. The Balaban J connectivity index is 1.49. The van der Waals surface area contributed by atoms with E-state index in [1.165, 1.54) is 11.8 Å². The van der Waals surface area contributed by atoms with Gasteiger partial charge in [0.1, 0.15) is 6.54 Å². The molecule has 1 aliphatic heterocycles. The molecular weight excluding hydrogens is 444 g/mol. The van der Waals surface area contributed by atoms with E-state index in [2.05, 4.69) is 24.1 Å². The van der Waals surface area contributed by atoms with Crippen molar-refractivity contribution >= 4 is 51.9 Å². The zero-order chi connectivity index (χ0) is 22.7. The van der Waals surface area contributed by atoms with E-state index in [1.54, 1.807) is 12.1 Å². The first-order chi connectivity index (χ1) is 15.4. The molecule has 1 N–H and O–H groups in total. The largest absolute Gasteiger partial charge is 0.341 e. The minimum absolute atomic E-state index is 0.0916. The highest BCUT2D eigenvalue weighted by Crippen LogP contribution is 2.27. The topological polar surface area (TPSA) is 67.2 Å². The van der Waals surface area contributed by atoms with E-state index in [0.717, 1.165) is 30.5 Å². The lowest BCUT2D eigenvalue weighted by atomic mass is 9.92. The number of rotatable bonds is 6. The summed E-state index contributed by atoms with van der Waals surface area (Å²) in [6.45, 7) is 6.19. The van der Waals surface area contributed by atoms with Crippen LogP contribution in [0, 0.1) is 11.8 Å². The summed E-state index contributed by atoms with van der Waals surface area (Å²) in [7, 11) is 0. The molecule has 32 heavy (non-hydrogen) atoms. The van der Waals surface area contributed by atoms with Crippen LogP contribution in [0.15, 0.2) is 53.7 Å². The predicted octanol–water partition coefficient (Wildman–Crippen LogP) is 4.93. The number of hydrogen-bond acceptors (Lipinski definition) is 4. The molecule has 0 bridgehead atoms. The lowest BCUT2D eigenvalue weighted by molar-refractivity contribution is -0.134. The van der Waals surface area contributed by atoms with Gasteiger partial charge in [0.05, 0.1) is 27.5 Å². The van der Waals surface area contributed by atoms with Gasteiger partial charge in [-0.2, -0.15) is 0 Å². The summed E-state index contributed by atoms with van der Waals surface area (Å²) in [6.07, 6.45) is 1.15. The van der Waals surface area contributed by atoms with Gasteiger partial charge in [-0.3, -0.25) is 9.59 Å². The Labute approximate surface area is 197 Å². The smallest absolute Gasteiger partial charge is 0.242 e. The average molecular weight is 471 g/mol. The van der Waals surface area contributed by atoms with Crippen LogP contribution in [0.4, 0.5) is 5.69 Å². The Bertz CT molecular complexity index is 1120. The van der Waals surface area contributed by atoms with Crippen LogP contribution in [-0.2, 0) is 16.1 Å². The summed E-state index contributed by atoms with van der Waals surface area (Å²) < 4.78 is 1.93. The monoisotopic (exact) mass is 470 g/mol. The molecular formula is C24H27ClN4O2S. The van der Waals surface area contributed by atoms with Gasteiger partial charge in [-0.05, 0) is 42.5 Å². The van der Waals surface area contributed by atoms with E-state index in [1.807, 2.05) is 45.9 Å². The lowest BCUT2D eigenvalue weighted by Gasteiger charge is -2.35. The second-order valence-corrected chi connectivity index (χ2v) is 9.88. The molecule has 0 radical (unpaired) electrons. The number of fused-ring (bicyclic) bond motifs is 1. The second kappa shape index (κ2) is 9.96. The van der Waals surface area contributed by atoms with Crippen molar-refractivity contribution in [1.82, 2.24) is 14.5 Å². The Morgan fingerprint density at radius 1 is 1.09 bits per heavy atom. The van der Waals surface area contributed by atoms with Crippen LogP contribution in [0.25, 0.3) is 11.0 Å². The van der Waals surface area contributed by atoms with Crippen molar-refractivity contribution in [3.63, 3.8) is 0 Å². The molecule has 2 atom stereocenters. The highest BCUT2D eigenvalue weighted by atomic mass is 35.5. The van der Waals surface area contributed by atoms with E-state index in [9.17, 15) is 9.59 Å². The number of nitrogens with zero attached hydrogens (tertiary/aromatic N) is 3. The van der Waals surface area contributed by atoms with Gasteiger partial charge in [0, 0.05) is 13.1 Å². The molecule has 3 aromatic rings. The third-order valence-corrected chi connectivity index (χ3v) is 6.92. The van der Waals surface area contributed by atoms with Crippen molar-refractivity contribution in [3.8, 4) is 0 Å². The zero-order valence-corrected chi connectivity index (χ0v) is 19.8.